The topological polar surface area (TPSA) is 101 Å². The number of halogens is 1. The van der Waals surface area contributed by atoms with E-state index in [-0.39, 0.29) is 11.4 Å². The summed E-state index contributed by atoms with van der Waals surface area (Å²) < 4.78 is 0. The maximum absolute atomic E-state index is 11.2. The van der Waals surface area contributed by atoms with Crippen LogP contribution in [0, 0.1) is 0 Å². The first-order chi connectivity index (χ1) is 7.32. The van der Waals surface area contributed by atoms with Gasteiger partial charge < -0.3 is 11.1 Å². The highest BCUT2D eigenvalue weighted by Gasteiger charge is 2.21. The van der Waals surface area contributed by atoms with Gasteiger partial charge in [-0.25, -0.2) is 5.10 Å². The summed E-state index contributed by atoms with van der Waals surface area (Å²) >= 11 is 5.77. The van der Waals surface area contributed by atoms with Gasteiger partial charge >= 0.3 is 0 Å². The largest absolute Gasteiger partial charge is 0.377 e. The maximum atomic E-state index is 11.2. The second kappa shape index (κ2) is 4.52. The molecule has 4 N–H and O–H groups in total. The average Bonchev–Trinajstić information content (AvgIpc) is 2.10. The van der Waals surface area contributed by atoms with Gasteiger partial charge in [0.25, 0.3) is 5.56 Å². The number of hydrogen-bond donors (Lipinski definition) is 3. The SMILES string of the molecule is CC(C)(CC(N)=O)Nc1cn[nH]c(=O)c1Cl. The van der Waals surface area contributed by atoms with Gasteiger partial charge in [-0.15, -0.1) is 0 Å². The molecule has 1 amide bonds. The lowest BCUT2D eigenvalue weighted by atomic mass is 10.00. The maximum Gasteiger partial charge on any atom is 0.285 e. The third-order valence-corrected chi connectivity index (χ3v) is 2.26. The van der Waals surface area contributed by atoms with Gasteiger partial charge in [0, 0.05) is 12.0 Å². The first kappa shape index (κ1) is 12.5. The Morgan fingerprint density at radius 3 is 2.88 bits per heavy atom. The molecule has 0 aromatic carbocycles. The summed E-state index contributed by atoms with van der Waals surface area (Å²) in [6.07, 6.45) is 1.50. The molecule has 1 aromatic rings. The monoisotopic (exact) mass is 244 g/mol. The first-order valence-corrected chi connectivity index (χ1v) is 4.99. The third kappa shape index (κ3) is 3.23. The molecule has 0 fully saturated rings. The summed E-state index contributed by atoms with van der Waals surface area (Å²) in [7, 11) is 0. The molecule has 1 heterocycles. The van der Waals surface area contributed by atoms with E-state index in [0.717, 1.165) is 0 Å². The highest BCUT2D eigenvalue weighted by molar-refractivity contribution is 6.32. The number of aromatic amines is 1. The number of carbonyl (C=O) groups is 1. The Kier molecular flexibility index (Phi) is 3.54. The number of nitrogens with one attached hydrogen (secondary N) is 2. The molecular formula is C9H13ClN4O2. The molecule has 7 heteroatoms. The second-order valence-electron chi connectivity index (χ2n) is 4.08. The second-order valence-corrected chi connectivity index (χ2v) is 4.46. The lowest BCUT2D eigenvalue weighted by Gasteiger charge is -2.26. The van der Waals surface area contributed by atoms with Gasteiger partial charge in [-0.1, -0.05) is 11.6 Å². The van der Waals surface area contributed by atoms with Crippen molar-refractivity contribution in [3.05, 3.63) is 21.6 Å². The number of nitrogens with zero attached hydrogens (tertiary/aromatic N) is 1. The highest BCUT2D eigenvalue weighted by Crippen LogP contribution is 2.21. The Bertz CT molecular complexity index is 455. The molecule has 0 radical (unpaired) electrons. The van der Waals surface area contributed by atoms with Crippen LogP contribution in [-0.2, 0) is 4.79 Å². The van der Waals surface area contributed by atoms with Crippen LogP contribution in [0.2, 0.25) is 5.02 Å². The van der Waals surface area contributed by atoms with Gasteiger partial charge in [-0.2, -0.15) is 5.10 Å². The Labute approximate surface area is 97.2 Å². The number of aromatic nitrogens is 2. The minimum Gasteiger partial charge on any atom is -0.377 e. The molecule has 88 valence electrons. The van der Waals surface area contributed by atoms with Gasteiger partial charge in [0.05, 0.1) is 11.9 Å². The standard InChI is InChI=1S/C9H13ClN4O2/c1-9(2,3-6(11)15)13-5-4-12-14-8(16)7(5)10/h4H,3H2,1-2H3,(H2,11,15)(H2,13,14,16). The van der Waals surface area contributed by atoms with Crippen LogP contribution < -0.4 is 16.6 Å². The van der Waals surface area contributed by atoms with E-state index < -0.39 is 17.0 Å². The number of nitrogens with two attached hydrogens (primary N) is 1. The number of anilines is 1. The number of H-pyrrole nitrogens is 1. The van der Waals surface area contributed by atoms with Crippen LogP contribution in [0.15, 0.2) is 11.0 Å². The minimum absolute atomic E-state index is 0.00699. The molecule has 0 saturated carbocycles. The van der Waals surface area contributed by atoms with E-state index in [1.807, 2.05) is 0 Å². The van der Waals surface area contributed by atoms with Gasteiger partial charge in [-0.3, -0.25) is 9.59 Å². The smallest absolute Gasteiger partial charge is 0.285 e. The summed E-state index contributed by atoms with van der Waals surface area (Å²) in [4.78, 5) is 22.0. The average molecular weight is 245 g/mol. The van der Waals surface area contributed by atoms with E-state index in [2.05, 4.69) is 15.5 Å². The van der Waals surface area contributed by atoms with Crippen LogP contribution in [0.25, 0.3) is 0 Å². The fourth-order valence-corrected chi connectivity index (χ4v) is 1.45. The summed E-state index contributed by atoms with van der Waals surface area (Å²) in [6, 6.07) is 0. The van der Waals surface area contributed by atoms with Crippen molar-refractivity contribution < 1.29 is 4.79 Å². The number of carbonyl (C=O) groups excluding carboxylic acids is 1. The molecular weight excluding hydrogens is 232 g/mol. The van der Waals surface area contributed by atoms with E-state index in [1.54, 1.807) is 13.8 Å². The zero-order valence-electron chi connectivity index (χ0n) is 9.00. The Balaban J connectivity index is 2.92. The van der Waals surface area contributed by atoms with Crippen LogP contribution in [0.3, 0.4) is 0 Å². The van der Waals surface area contributed by atoms with Gasteiger partial charge in [-0.05, 0) is 13.8 Å². The van der Waals surface area contributed by atoms with Crippen LogP contribution in [0.4, 0.5) is 5.69 Å². The Morgan fingerprint density at radius 2 is 2.31 bits per heavy atom. The number of rotatable bonds is 4. The van der Waals surface area contributed by atoms with E-state index in [1.165, 1.54) is 6.20 Å². The molecule has 0 bridgehead atoms. The van der Waals surface area contributed by atoms with Crippen LogP contribution in [0.1, 0.15) is 20.3 Å². The quantitative estimate of drug-likeness (QED) is 0.717. The van der Waals surface area contributed by atoms with E-state index in [4.69, 9.17) is 17.3 Å². The predicted molar refractivity (Wildman–Crippen MR) is 61.4 cm³/mol. The summed E-state index contributed by atoms with van der Waals surface area (Å²) in [5.41, 5.74) is 4.40. The van der Waals surface area contributed by atoms with Gasteiger partial charge in [0.2, 0.25) is 5.91 Å². The third-order valence-electron chi connectivity index (χ3n) is 1.88. The summed E-state index contributed by atoms with van der Waals surface area (Å²) in [5, 5.41) is 8.76. The number of primary amides is 1. The molecule has 0 atom stereocenters. The van der Waals surface area contributed by atoms with Crippen molar-refractivity contribution in [1.82, 2.24) is 10.2 Å². The fourth-order valence-electron chi connectivity index (χ4n) is 1.31. The molecule has 0 aliphatic heterocycles. The first-order valence-electron chi connectivity index (χ1n) is 4.61. The van der Waals surface area contributed by atoms with Crippen molar-refractivity contribution in [3.63, 3.8) is 0 Å². The predicted octanol–water partition coefficient (Wildman–Crippen LogP) is 0.489. The van der Waals surface area contributed by atoms with Crippen molar-refractivity contribution >= 4 is 23.2 Å². The van der Waals surface area contributed by atoms with Crippen molar-refractivity contribution in [2.45, 2.75) is 25.8 Å². The van der Waals surface area contributed by atoms with Crippen molar-refractivity contribution in [2.24, 2.45) is 5.73 Å². The molecule has 16 heavy (non-hydrogen) atoms. The molecule has 0 aliphatic rings. The Hall–Kier alpha value is -1.56. The zero-order valence-corrected chi connectivity index (χ0v) is 9.76. The van der Waals surface area contributed by atoms with Crippen molar-refractivity contribution in [2.75, 3.05) is 5.32 Å². The van der Waals surface area contributed by atoms with Crippen molar-refractivity contribution in [3.8, 4) is 0 Å². The molecule has 1 aromatic heterocycles. The van der Waals surface area contributed by atoms with Gasteiger partial charge in [0.15, 0.2) is 0 Å². The van der Waals surface area contributed by atoms with E-state index in [9.17, 15) is 9.59 Å². The van der Waals surface area contributed by atoms with Crippen LogP contribution in [-0.4, -0.2) is 21.6 Å². The summed E-state index contributed by atoms with van der Waals surface area (Å²) in [5.74, 6) is -0.438. The number of amides is 1. The molecule has 0 aliphatic carbocycles. The number of hydrogen-bond acceptors (Lipinski definition) is 4. The lowest BCUT2D eigenvalue weighted by molar-refractivity contribution is -0.118. The zero-order chi connectivity index (χ0) is 12.3. The molecule has 1 rings (SSSR count). The molecule has 0 unspecified atom stereocenters. The highest BCUT2D eigenvalue weighted by atomic mass is 35.5. The van der Waals surface area contributed by atoms with E-state index >= 15 is 0 Å². The Morgan fingerprint density at radius 1 is 1.69 bits per heavy atom. The van der Waals surface area contributed by atoms with Crippen LogP contribution >= 0.6 is 11.6 Å². The fraction of sp³-hybridized carbons (Fsp3) is 0.444. The van der Waals surface area contributed by atoms with Gasteiger partial charge in [0.1, 0.15) is 5.02 Å². The van der Waals surface area contributed by atoms with Crippen LogP contribution in [0.5, 0.6) is 0 Å². The molecule has 6 nitrogen and oxygen atoms in total. The van der Waals surface area contributed by atoms with Crippen molar-refractivity contribution in [1.29, 1.82) is 0 Å². The minimum atomic E-state index is -0.592. The lowest BCUT2D eigenvalue weighted by Crippen LogP contribution is -2.36. The summed E-state index contributed by atoms with van der Waals surface area (Å²) in [6.45, 7) is 3.55. The van der Waals surface area contributed by atoms with E-state index in [0.29, 0.717) is 5.69 Å². The molecule has 0 spiro atoms. The molecule has 0 saturated heterocycles. The normalized spacial score (nSPS) is 11.2.